The fourth-order valence-electron chi connectivity index (χ4n) is 3.81. The molecule has 0 saturated heterocycles. The van der Waals surface area contributed by atoms with E-state index < -0.39 is 0 Å². The number of hydrogen-bond acceptors (Lipinski definition) is 3. The fourth-order valence-corrected chi connectivity index (χ4v) is 3.81. The topological polar surface area (TPSA) is 30.3 Å². The molecule has 3 aromatic carbocycles. The zero-order chi connectivity index (χ0) is 21.6. The Balaban J connectivity index is 1.75. The summed E-state index contributed by atoms with van der Waals surface area (Å²) in [6.45, 7) is 2.98. The number of hydrogen-bond donors (Lipinski definition) is 0. The van der Waals surface area contributed by atoms with Gasteiger partial charge in [0.15, 0.2) is 0 Å². The van der Waals surface area contributed by atoms with Gasteiger partial charge in [-0.1, -0.05) is 56.5 Å². The van der Waals surface area contributed by atoms with Crippen molar-refractivity contribution in [1.29, 1.82) is 0 Å². The molecule has 0 aliphatic heterocycles. The molecule has 0 atom stereocenters. The predicted octanol–water partition coefficient (Wildman–Crippen LogP) is 6.72. The van der Waals surface area contributed by atoms with E-state index >= 15 is 0 Å². The van der Waals surface area contributed by atoms with Gasteiger partial charge >= 0.3 is 0 Å². The molecular weight excluding hydrogens is 382 g/mol. The van der Waals surface area contributed by atoms with E-state index in [1.807, 2.05) is 12.1 Å². The Hall–Kier alpha value is -3.27. The van der Waals surface area contributed by atoms with Gasteiger partial charge < -0.3 is 9.64 Å². The predicted molar refractivity (Wildman–Crippen MR) is 130 cm³/mol. The smallest absolute Gasteiger partial charge is 0.145 e. The van der Waals surface area contributed by atoms with Gasteiger partial charge in [0.2, 0.25) is 0 Å². The molecule has 4 nitrogen and oxygen atoms in total. The highest BCUT2D eigenvalue weighted by Crippen LogP contribution is 2.31. The molecule has 0 aliphatic carbocycles. The van der Waals surface area contributed by atoms with E-state index in [2.05, 4.69) is 91.1 Å². The summed E-state index contributed by atoms with van der Waals surface area (Å²) in [5.41, 5.74) is 5.38. The molecule has 0 unspecified atom stereocenters. The molecule has 4 rings (SSSR count). The minimum Gasteiger partial charge on any atom is -0.494 e. The average molecular weight is 414 g/mol. The van der Waals surface area contributed by atoms with Crippen LogP contribution in [0.2, 0.25) is 0 Å². The number of anilines is 1. The van der Waals surface area contributed by atoms with E-state index in [1.165, 1.54) is 24.9 Å². The highest BCUT2D eigenvalue weighted by molar-refractivity contribution is 5.84. The molecule has 0 spiro atoms. The van der Waals surface area contributed by atoms with Crippen molar-refractivity contribution in [3.05, 3.63) is 72.8 Å². The first-order valence-electron chi connectivity index (χ1n) is 11.2. The Morgan fingerprint density at radius 3 is 2.35 bits per heavy atom. The Labute approximate surface area is 185 Å². The second-order valence-electron chi connectivity index (χ2n) is 8.11. The lowest BCUT2D eigenvalue weighted by atomic mass is 10.2. The number of benzene rings is 3. The van der Waals surface area contributed by atoms with Crippen LogP contribution in [0.3, 0.4) is 0 Å². The Bertz CT molecular complexity index is 1110. The summed E-state index contributed by atoms with van der Waals surface area (Å²) in [6, 6.07) is 25.2. The number of rotatable bonds is 9. The standard InChI is InChI=1S/C27H31N3O/c1-4-5-6-10-19-31-24-17-18-25-26(20-24)30(23-15-13-22(14-16-23)29(2)3)27(28-25)21-11-8-7-9-12-21/h7-9,11-18,20H,4-6,10,19H2,1-3H3. The number of fused-ring (bicyclic) bond motifs is 1. The van der Waals surface area contributed by atoms with Crippen LogP contribution >= 0.6 is 0 Å². The molecule has 0 bridgehead atoms. The van der Waals surface area contributed by atoms with Gasteiger partial charge in [-0.25, -0.2) is 4.98 Å². The summed E-state index contributed by atoms with van der Waals surface area (Å²) in [6.07, 6.45) is 4.80. The van der Waals surface area contributed by atoms with E-state index in [0.29, 0.717) is 0 Å². The van der Waals surface area contributed by atoms with Gasteiger partial charge in [-0.3, -0.25) is 4.57 Å². The second-order valence-corrected chi connectivity index (χ2v) is 8.11. The number of unbranched alkanes of at least 4 members (excludes halogenated alkanes) is 3. The third-order valence-electron chi connectivity index (χ3n) is 5.55. The normalized spacial score (nSPS) is 11.1. The monoisotopic (exact) mass is 413 g/mol. The van der Waals surface area contributed by atoms with Crippen LogP contribution in [0.15, 0.2) is 72.8 Å². The van der Waals surface area contributed by atoms with Crippen molar-refractivity contribution < 1.29 is 4.74 Å². The lowest BCUT2D eigenvalue weighted by Gasteiger charge is -2.15. The molecule has 0 aliphatic rings. The first kappa shape index (κ1) is 21.0. The summed E-state index contributed by atoms with van der Waals surface area (Å²) >= 11 is 0. The van der Waals surface area contributed by atoms with E-state index in [4.69, 9.17) is 9.72 Å². The van der Waals surface area contributed by atoms with Crippen molar-refractivity contribution >= 4 is 16.7 Å². The van der Waals surface area contributed by atoms with Gasteiger partial charge in [0.05, 0.1) is 17.6 Å². The van der Waals surface area contributed by atoms with Crippen LogP contribution in [0.5, 0.6) is 5.75 Å². The minimum atomic E-state index is 0.753. The Kier molecular flexibility index (Phi) is 6.56. The zero-order valence-corrected chi connectivity index (χ0v) is 18.7. The highest BCUT2D eigenvalue weighted by atomic mass is 16.5. The number of aromatic nitrogens is 2. The summed E-state index contributed by atoms with van der Waals surface area (Å²) in [7, 11) is 4.11. The Morgan fingerprint density at radius 1 is 0.871 bits per heavy atom. The van der Waals surface area contributed by atoms with Crippen molar-refractivity contribution in [1.82, 2.24) is 9.55 Å². The van der Waals surface area contributed by atoms with Crippen LogP contribution in [0.1, 0.15) is 32.6 Å². The van der Waals surface area contributed by atoms with Crippen LogP contribution in [-0.2, 0) is 0 Å². The lowest BCUT2D eigenvalue weighted by molar-refractivity contribution is 0.305. The van der Waals surface area contributed by atoms with E-state index in [0.717, 1.165) is 46.9 Å². The third-order valence-corrected chi connectivity index (χ3v) is 5.55. The number of nitrogens with zero attached hydrogens (tertiary/aromatic N) is 3. The van der Waals surface area contributed by atoms with Crippen molar-refractivity contribution in [2.75, 3.05) is 25.6 Å². The largest absolute Gasteiger partial charge is 0.494 e. The van der Waals surface area contributed by atoms with E-state index in [1.54, 1.807) is 0 Å². The maximum absolute atomic E-state index is 6.07. The first-order valence-corrected chi connectivity index (χ1v) is 11.2. The van der Waals surface area contributed by atoms with Crippen molar-refractivity contribution in [2.45, 2.75) is 32.6 Å². The van der Waals surface area contributed by atoms with Gasteiger partial charge in [0, 0.05) is 37.1 Å². The molecule has 0 amide bonds. The average Bonchev–Trinajstić information content (AvgIpc) is 3.18. The van der Waals surface area contributed by atoms with Gasteiger partial charge in [0.25, 0.3) is 0 Å². The molecule has 1 aromatic heterocycles. The minimum absolute atomic E-state index is 0.753. The molecule has 0 N–H and O–H groups in total. The summed E-state index contributed by atoms with van der Waals surface area (Å²) in [5.74, 6) is 1.84. The SMILES string of the molecule is CCCCCCOc1ccc2nc(-c3ccccc3)n(-c3ccc(N(C)C)cc3)c2c1. The second kappa shape index (κ2) is 9.69. The van der Waals surface area contributed by atoms with Crippen LogP contribution < -0.4 is 9.64 Å². The molecule has 31 heavy (non-hydrogen) atoms. The molecule has 4 heteroatoms. The molecule has 0 radical (unpaired) electrons. The van der Waals surface area contributed by atoms with E-state index in [-0.39, 0.29) is 0 Å². The molecule has 160 valence electrons. The summed E-state index contributed by atoms with van der Waals surface area (Å²) < 4.78 is 8.30. The highest BCUT2D eigenvalue weighted by Gasteiger charge is 2.15. The fraction of sp³-hybridized carbons (Fsp3) is 0.296. The van der Waals surface area contributed by atoms with Gasteiger partial charge in [-0.15, -0.1) is 0 Å². The third kappa shape index (κ3) is 4.74. The maximum atomic E-state index is 6.07. The van der Waals surface area contributed by atoms with Gasteiger partial charge in [-0.2, -0.15) is 0 Å². The van der Waals surface area contributed by atoms with Crippen LogP contribution in [-0.4, -0.2) is 30.3 Å². The summed E-state index contributed by atoms with van der Waals surface area (Å²) in [4.78, 5) is 7.09. The van der Waals surface area contributed by atoms with Crippen molar-refractivity contribution in [3.63, 3.8) is 0 Å². The molecule has 0 fully saturated rings. The zero-order valence-electron chi connectivity index (χ0n) is 18.7. The van der Waals surface area contributed by atoms with Crippen molar-refractivity contribution in [3.8, 4) is 22.8 Å². The molecule has 4 aromatic rings. The summed E-state index contributed by atoms with van der Waals surface area (Å²) in [5, 5.41) is 0. The molecule has 1 heterocycles. The van der Waals surface area contributed by atoms with Crippen LogP contribution in [0.25, 0.3) is 28.1 Å². The molecular formula is C27H31N3O. The number of ether oxygens (including phenoxy) is 1. The lowest BCUT2D eigenvalue weighted by Crippen LogP contribution is -2.08. The Morgan fingerprint density at radius 2 is 1.65 bits per heavy atom. The van der Waals surface area contributed by atoms with Crippen molar-refractivity contribution in [2.24, 2.45) is 0 Å². The first-order chi connectivity index (χ1) is 15.2. The maximum Gasteiger partial charge on any atom is 0.145 e. The van der Waals surface area contributed by atoms with E-state index in [9.17, 15) is 0 Å². The van der Waals surface area contributed by atoms with Crippen LogP contribution in [0, 0.1) is 0 Å². The quantitative estimate of drug-likeness (QED) is 0.285. The van der Waals surface area contributed by atoms with Gasteiger partial charge in [-0.05, 0) is 42.8 Å². The van der Waals surface area contributed by atoms with Gasteiger partial charge in [0.1, 0.15) is 11.6 Å². The van der Waals surface area contributed by atoms with Crippen LogP contribution in [0.4, 0.5) is 5.69 Å². The molecule has 0 saturated carbocycles. The number of imidazole rings is 1.